The number of benzene rings is 1. The second kappa shape index (κ2) is 6.11. The van der Waals surface area contributed by atoms with Crippen LogP contribution in [0.5, 0.6) is 5.75 Å². The van der Waals surface area contributed by atoms with Crippen molar-refractivity contribution in [2.45, 2.75) is 37.0 Å². The van der Waals surface area contributed by atoms with Crippen LogP contribution in [0.2, 0.25) is 5.02 Å². The van der Waals surface area contributed by atoms with Gasteiger partial charge in [0.15, 0.2) is 0 Å². The molecule has 3 aliphatic rings. The molecule has 1 aromatic carbocycles. The average Bonchev–Trinajstić information content (AvgIpc) is 3.04. The molecule has 0 radical (unpaired) electrons. The van der Waals surface area contributed by atoms with Crippen molar-refractivity contribution in [3.63, 3.8) is 0 Å². The van der Waals surface area contributed by atoms with E-state index in [2.05, 4.69) is 11.1 Å². The van der Waals surface area contributed by atoms with Gasteiger partial charge in [-0.2, -0.15) is 0 Å². The highest BCUT2D eigenvalue weighted by atomic mass is 35.5. The van der Waals surface area contributed by atoms with Gasteiger partial charge in [0.25, 0.3) is 6.02 Å². The summed E-state index contributed by atoms with van der Waals surface area (Å²) in [6, 6.07) is 8.11. The zero-order valence-corrected chi connectivity index (χ0v) is 15.4. The van der Waals surface area contributed by atoms with E-state index < -0.39 is 5.54 Å². The van der Waals surface area contributed by atoms with E-state index in [9.17, 15) is 5.11 Å². The lowest BCUT2D eigenvalue weighted by Gasteiger charge is -2.47. The van der Waals surface area contributed by atoms with Crippen LogP contribution in [0.25, 0.3) is 11.1 Å². The van der Waals surface area contributed by atoms with Gasteiger partial charge < -0.3 is 20.3 Å². The first kappa shape index (κ1) is 16.8. The Labute approximate surface area is 162 Å². The lowest BCUT2D eigenvalue weighted by molar-refractivity contribution is -0.0360. The molecule has 140 valence electrons. The molecule has 0 saturated heterocycles. The maximum Gasteiger partial charge on any atom is 0.283 e. The molecule has 1 saturated carbocycles. The fourth-order valence-corrected chi connectivity index (χ4v) is 4.81. The molecule has 5 rings (SSSR count). The minimum absolute atomic E-state index is 0.0989. The number of rotatable bonds is 1. The van der Waals surface area contributed by atoms with Crippen molar-refractivity contribution in [2.75, 3.05) is 6.61 Å². The number of ether oxygens (including phenoxy) is 2. The number of fused-ring (bicyclic) bond motifs is 4. The molecule has 0 bridgehead atoms. The van der Waals surface area contributed by atoms with Crippen molar-refractivity contribution < 1.29 is 14.6 Å². The number of hydrogen-bond acceptors (Lipinski definition) is 6. The van der Waals surface area contributed by atoms with Crippen LogP contribution in [0.15, 0.2) is 41.7 Å². The van der Waals surface area contributed by atoms with E-state index in [0.717, 1.165) is 35.3 Å². The lowest BCUT2D eigenvalue weighted by atomic mass is 9.67. The third-order valence-electron chi connectivity index (χ3n) is 5.89. The van der Waals surface area contributed by atoms with Gasteiger partial charge in [0.1, 0.15) is 24.0 Å². The zero-order valence-electron chi connectivity index (χ0n) is 14.6. The van der Waals surface area contributed by atoms with Gasteiger partial charge in [0.05, 0.1) is 11.1 Å². The topological polar surface area (TPSA) is 90.0 Å². The van der Waals surface area contributed by atoms with Crippen LogP contribution >= 0.6 is 11.6 Å². The highest BCUT2D eigenvalue weighted by molar-refractivity contribution is 6.30. The van der Waals surface area contributed by atoms with E-state index >= 15 is 0 Å². The van der Waals surface area contributed by atoms with E-state index in [-0.39, 0.29) is 24.1 Å². The molecule has 1 spiro atoms. The highest BCUT2D eigenvalue weighted by Crippen LogP contribution is 2.53. The summed E-state index contributed by atoms with van der Waals surface area (Å²) in [4.78, 5) is 8.94. The minimum atomic E-state index is -0.579. The number of hydrogen-bond donors (Lipinski definition) is 2. The molecule has 3 N–H and O–H groups in total. The highest BCUT2D eigenvalue weighted by Gasteiger charge is 2.55. The summed E-state index contributed by atoms with van der Waals surface area (Å²) >= 11 is 6.11. The van der Waals surface area contributed by atoms with Crippen LogP contribution in [0.1, 0.15) is 24.8 Å². The largest absolute Gasteiger partial charge is 0.490 e. The third kappa shape index (κ3) is 2.66. The molecule has 1 fully saturated rings. The van der Waals surface area contributed by atoms with Crippen LogP contribution in [0.3, 0.4) is 0 Å². The Morgan fingerprint density at radius 1 is 1.19 bits per heavy atom. The molecular formula is C20H20ClN3O3. The molecule has 4 atom stereocenters. The van der Waals surface area contributed by atoms with Crippen molar-refractivity contribution in [3.05, 3.63) is 47.2 Å². The Morgan fingerprint density at radius 3 is 2.85 bits per heavy atom. The summed E-state index contributed by atoms with van der Waals surface area (Å²) in [5.74, 6) is 0.883. The van der Waals surface area contributed by atoms with Crippen molar-refractivity contribution in [1.29, 1.82) is 0 Å². The summed E-state index contributed by atoms with van der Waals surface area (Å²) in [5.41, 5.74) is 8.23. The fraction of sp³-hybridized carbons (Fsp3) is 0.400. The zero-order chi connectivity index (χ0) is 18.6. The maximum absolute atomic E-state index is 10.1. The standard InChI is InChI=1S/C20H20ClN3O3/c21-13-5-12(8-23-9-13)11-1-4-17-16(6-11)20(10-26-19(22)24-20)15-3-2-14(25)7-18(15)27-17/h1,4-6,8-9,14-15,18,25H,2-3,7,10H2,(H2,22,24)/t14-,15+,18?,20-/m0/s1. The number of aliphatic imine (C=N–C) groups is 1. The van der Waals surface area contributed by atoms with Gasteiger partial charge in [-0.15, -0.1) is 0 Å². The first-order valence-electron chi connectivity index (χ1n) is 9.13. The van der Waals surface area contributed by atoms with Gasteiger partial charge >= 0.3 is 0 Å². The quantitative estimate of drug-likeness (QED) is 0.787. The smallest absolute Gasteiger partial charge is 0.283 e. The molecule has 1 aliphatic carbocycles. The molecule has 6 nitrogen and oxygen atoms in total. The minimum Gasteiger partial charge on any atom is -0.490 e. The molecular weight excluding hydrogens is 366 g/mol. The number of nitrogens with zero attached hydrogens (tertiary/aromatic N) is 2. The second-order valence-corrected chi connectivity index (χ2v) is 7.93. The number of amidine groups is 1. The van der Waals surface area contributed by atoms with Gasteiger partial charge in [0, 0.05) is 35.9 Å². The fourth-order valence-electron chi connectivity index (χ4n) is 4.64. The van der Waals surface area contributed by atoms with Gasteiger partial charge in [-0.05, 0) is 36.6 Å². The molecule has 2 aromatic rings. The van der Waals surface area contributed by atoms with Crippen molar-refractivity contribution in [3.8, 4) is 16.9 Å². The molecule has 0 amide bonds. The Hall–Kier alpha value is -2.31. The normalized spacial score (nSPS) is 31.5. The second-order valence-electron chi connectivity index (χ2n) is 7.50. The molecule has 3 heterocycles. The van der Waals surface area contributed by atoms with E-state index in [1.54, 1.807) is 12.4 Å². The van der Waals surface area contributed by atoms with E-state index in [0.29, 0.717) is 18.1 Å². The lowest BCUT2D eigenvalue weighted by Crippen LogP contribution is -2.51. The molecule has 2 aliphatic heterocycles. The van der Waals surface area contributed by atoms with Crippen LogP contribution in [0, 0.1) is 5.92 Å². The summed E-state index contributed by atoms with van der Waals surface area (Å²) in [6.45, 7) is 0.393. The summed E-state index contributed by atoms with van der Waals surface area (Å²) in [6.07, 6.45) is 5.10. The number of aliphatic hydroxyl groups excluding tert-OH is 1. The van der Waals surface area contributed by atoms with Crippen molar-refractivity contribution in [1.82, 2.24) is 4.98 Å². The third-order valence-corrected chi connectivity index (χ3v) is 6.10. The molecule has 1 unspecified atom stereocenters. The van der Waals surface area contributed by atoms with Crippen LogP contribution < -0.4 is 10.5 Å². The maximum atomic E-state index is 10.1. The molecule has 1 aromatic heterocycles. The Morgan fingerprint density at radius 2 is 2.07 bits per heavy atom. The molecule has 27 heavy (non-hydrogen) atoms. The van der Waals surface area contributed by atoms with Gasteiger partial charge in [-0.25, -0.2) is 4.99 Å². The Balaban J connectivity index is 1.65. The number of aliphatic hydroxyl groups is 1. The number of halogens is 1. The van der Waals surface area contributed by atoms with Crippen LogP contribution in [0.4, 0.5) is 0 Å². The van der Waals surface area contributed by atoms with E-state index in [1.807, 2.05) is 18.2 Å². The number of nitrogens with two attached hydrogens (primary N) is 1. The van der Waals surface area contributed by atoms with Crippen LogP contribution in [-0.2, 0) is 10.3 Å². The summed E-state index contributed by atoms with van der Waals surface area (Å²) in [7, 11) is 0. The summed E-state index contributed by atoms with van der Waals surface area (Å²) < 4.78 is 11.9. The predicted octanol–water partition coefficient (Wildman–Crippen LogP) is 2.86. The van der Waals surface area contributed by atoms with Gasteiger partial charge in [-0.1, -0.05) is 17.7 Å². The molecule has 7 heteroatoms. The SMILES string of the molecule is NC1=N[C@]2(CO1)c1cc(-c3cncc(Cl)c3)ccc1OC1C[C@@H](O)CC[C@H]12. The van der Waals surface area contributed by atoms with Crippen molar-refractivity contribution in [2.24, 2.45) is 16.6 Å². The van der Waals surface area contributed by atoms with Gasteiger partial charge in [-0.3, -0.25) is 4.98 Å². The Kier molecular flexibility index (Phi) is 3.81. The van der Waals surface area contributed by atoms with Gasteiger partial charge in [0.2, 0.25) is 0 Å². The summed E-state index contributed by atoms with van der Waals surface area (Å²) in [5, 5.41) is 10.7. The van der Waals surface area contributed by atoms with Crippen LogP contribution in [-0.4, -0.2) is 34.9 Å². The van der Waals surface area contributed by atoms with E-state index in [4.69, 9.17) is 31.8 Å². The predicted molar refractivity (Wildman–Crippen MR) is 102 cm³/mol. The Bertz CT molecular complexity index is 934. The first-order valence-corrected chi connectivity index (χ1v) is 9.51. The number of aromatic nitrogens is 1. The monoisotopic (exact) mass is 385 g/mol. The van der Waals surface area contributed by atoms with Crippen molar-refractivity contribution >= 4 is 17.6 Å². The first-order chi connectivity index (χ1) is 13.0. The average molecular weight is 386 g/mol. The van der Waals surface area contributed by atoms with E-state index in [1.165, 1.54) is 0 Å². The number of pyridine rings is 1.